The van der Waals surface area contributed by atoms with E-state index in [1.165, 1.54) is 12.1 Å². The second-order valence-corrected chi connectivity index (χ2v) is 5.60. The molecule has 2 rings (SSSR count). The molecule has 0 bridgehead atoms. The topological polar surface area (TPSA) is 115 Å². The Kier molecular flexibility index (Phi) is 6.36. The van der Waals surface area contributed by atoms with E-state index in [1.54, 1.807) is 18.4 Å². The molecule has 0 aliphatic heterocycles. The van der Waals surface area contributed by atoms with E-state index in [1.807, 2.05) is 30.3 Å². The molecule has 0 heterocycles. The third-order valence-electron chi connectivity index (χ3n) is 3.68. The monoisotopic (exact) mass is 340 g/mol. The van der Waals surface area contributed by atoms with Crippen molar-refractivity contribution in [2.75, 3.05) is 0 Å². The number of hydrogen-bond acceptors (Lipinski definition) is 5. The molecular weight excluding hydrogens is 322 g/mol. The van der Waals surface area contributed by atoms with Gasteiger partial charge in [-0.1, -0.05) is 42.5 Å². The standard InChI is InChI=1S/C18H18N3O4/c19-17(11-13-4-2-1-3-5-13)18(23)20-15(12-22)10-14-6-8-16(9-7-14)21(24)25/h1-9,15,17H,10-11,19H2,(H,20,23)/t15-,17-/m0/s1. The van der Waals surface area contributed by atoms with Crippen LogP contribution in [-0.4, -0.2) is 29.2 Å². The van der Waals surface area contributed by atoms with Gasteiger partial charge in [-0.2, -0.15) is 0 Å². The molecule has 0 saturated carbocycles. The van der Waals surface area contributed by atoms with Crippen LogP contribution in [0.3, 0.4) is 0 Å². The Labute approximate surface area is 145 Å². The highest BCUT2D eigenvalue weighted by atomic mass is 16.6. The molecule has 7 nitrogen and oxygen atoms in total. The van der Waals surface area contributed by atoms with Gasteiger partial charge < -0.3 is 11.1 Å². The summed E-state index contributed by atoms with van der Waals surface area (Å²) in [5.41, 5.74) is 7.44. The van der Waals surface area contributed by atoms with Crippen LogP contribution in [0.4, 0.5) is 5.69 Å². The molecule has 2 aromatic carbocycles. The molecule has 3 N–H and O–H groups in total. The van der Waals surface area contributed by atoms with Crippen LogP contribution in [-0.2, 0) is 22.4 Å². The Balaban J connectivity index is 1.92. The summed E-state index contributed by atoms with van der Waals surface area (Å²) in [6.45, 7) is 0. The maximum absolute atomic E-state index is 12.1. The first-order chi connectivity index (χ1) is 12.0. The van der Waals surface area contributed by atoms with Crippen molar-refractivity contribution in [2.24, 2.45) is 5.73 Å². The van der Waals surface area contributed by atoms with E-state index in [-0.39, 0.29) is 12.1 Å². The van der Waals surface area contributed by atoms with Gasteiger partial charge >= 0.3 is 0 Å². The number of hydrogen-bond donors (Lipinski definition) is 2. The van der Waals surface area contributed by atoms with E-state index in [9.17, 15) is 19.7 Å². The zero-order valence-electron chi connectivity index (χ0n) is 13.4. The number of carbonyl (C=O) groups is 1. The minimum atomic E-state index is -0.865. The van der Waals surface area contributed by atoms with Gasteiger partial charge in [-0.3, -0.25) is 19.7 Å². The molecule has 2 aromatic rings. The quantitative estimate of drug-likeness (QED) is 0.555. The van der Waals surface area contributed by atoms with E-state index in [0.29, 0.717) is 12.0 Å². The lowest BCUT2D eigenvalue weighted by Crippen LogP contribution is -2.47. The number of nitro benzene ring substituents is 1. The molecule has 7 heteroatoms. The number of carbonyl (C=O) groups excluding carboxylic acids is 2. The predicted octanol–water partition coefficient (Wildman–Crippen LogP) is 1.30. The van der Waals surface area contributed by atoms with Crippen molar-refractivity contribution in [3.63, 3.8) is 0 Å². The third kappa shape index (κ3) is 5.50. The van der Waals surface area contributed by atoms with E-state index in [0.717, 1.165) is 5.56 Å². The Bertz CT molecular complexity index is 732. The van der Waals surface area contributed by atoms with Gasteiger partial charge in [0, 0.05) is 18.6 Å². The van der Waals surface area contributed by atoms with E-state index in [2.05, 4.69) is 5.32 Å². The van der Waals surface area contributed by atoms with Crippen molar-refractivity contribution in [3.8, 4) is 0 Å². The zero-order valence-corrected chi connectivity index (χ0v) is 13.4. The summed E-state index contributed by atoms with van der Waals surface area (Å²) in [5, 5.41) is 13.2. The number of rotatable bonds is 8. The Morgan fingerprint density at radius 2 is 1.68 bits per heavy atom. The molecule has 1 radical (unpaired) electrons. The largest absolute Gasteiger partial charge is 0.344 e. The molecule has 25 heavy (non-hydrogen) atoms. The van der Waals surface area contributed by atoms with Crippen LogP contribution < -0.4 is 11.1 Å². The van der Waals surface area contributed by atoms with Crippen LogP contribution in [0.25, 0.3) is 0 Å². The van der Waals surface area contributed by atoms with Crippen molar-refractivity contribution in [1.82, 2.24) is 5.32 Å². The number of nitrogens with one attached hydrogen (secondary N) is 1. The van der Waals surface area contributed by atoms with Gasteiger partial charge in [0.1, 0.15) is 0 Å². The third-order valence-corrected chi connectivity index (χ3v) is 3.68. The molecule has 2 atom stereocenters. The summed E-state index contributed by atoms with van der Waals surface area (Å²) in [5.74, 6) is -0.445. The first-order valence-electron chi connectivity index (χ1n) is 7.70. The maximum Gasteiger partial charge on any atom is 0.269 e. The summed E-state index contributed by atoms with van der Waals surface area (Å²) in [6, 6.07) is 13.5. The molecular formula is C18H18N3O4. The highest BCUT2D eigenvalue weighted by Crippen LogP contribution is 2.13. The highest BCUT2D eigenvalue weighted by molar-refractivity contribution is 5.84. The summed E-state index contributed by atoms with van der Waals surface area (Å²) in [7, 11) is 0. The average molecular weight is 340 g/mol. The average Bonchev–Trinajstić information content (AvgIpc) is 2.62. The minimum absolute atomic E-state index is 0.0377. The molecule has 0 spiro atoms. The molecule has 0 aliphatic rings. The van der Waals surface area contributed by atoms with Crippen LogP contribution in [0.2, 0.25) is 0 Å². The fourth-order valence-corrected chi connectivity index (χ4v) is 2.35. The Hall–Kier alpha value is -3.06. The van der Waals surface area contributed by atoms with Crippen molar-refractivity contribution in [1.29, 1.82) is 0 Å². The van der Waals surface area contributed by atoms with Crippen LogP contribution in [0.5, 0.6) is 0 Å². The van der Waals surface area contributed by atoms with Crippen molar-refractivity contribution in [2.45, 2.75) is 24.9 Å². The van der Waals surface area contributed by atoms with Crippen LogP contribution in [0.1, 0.15) is 11.1 Å². The minimum Gasteiger partial charge on any atom is -0.344 e. The lowest BCUT2D eigenvalue weighted by atomic mass is 10.0. The lowest BCUT2D eigenvalue weighted by molar-refractivity contribution is -0.384. The van der Waals surface area contributed by atoms with Crippen molar-refractivity contribution >= 4 is 17.9 Å². The molecule has 0 saturated heterocycles. The molecule has 0 aromatic heterocycles. The Morgan fingerprint density at radius 1 is 1.08 bits per heavy atom. The van der Waals surface area contributed by atoms with Gasteiger partial charge in [0.05, 0.1) is 17.0 Å². The number of non-ortho nitro benzene ring substituents is 1. The fourth-order valence-electron chi connectivity index (χ4n) is 2.35. The first kappa shape index (κ1) is 18.3. The Morgan fingerprint density at radius 3 is 2.24 bits per heavy atom. The summed E-state index contributed by atoms with van der Waals surface area (Å²) >= 11 is 0. The van der Waals surface area contributed by atoms with Gasteiger partial charge in [0.25, 0.3) is 5.69 Å². The smallest absolute Gasteiger partial charge is 0.269 e. The van der Waals surface area contributed by atoms with Gasteiger partial charge in [0.2, 0.25) is 12.2 Å². The van der Waals surface area contributed by atoms with E-state index < -0.39 is 22.9 Å². The summed E-state index contributed by atoms with van der Waals surface area (Å²) in [4.78, 5) is 33.4. The number of nitro groups is 1. The molecule has 129 valence electrons. The maximum atomic E-state index is 12.1. The predicted molar refractivity (Wildman–Crippen MR) is 92.5 cm³/mol. The van der Waals surface area contributed by atoms with Crippen LogP contribution >= 0.6 is 0 Å². The molecule has 1 amide bonds. The SMILES string of the molecule is N[C@@H](Cc1ccccc1)C(=O)N[C@H]([C]=O)Cc1ccc([N+](=O)[O-])cc1. The van der Waals surface area contributed by atoms with Crippen molar-refractivity contribution in [3.05, 3.63) is 75.8 Å². The van der Waals surface area contributed by atoms with Crippen LogP contribution in [0, 0.1) is 10.1 Å². The van der Waals surface area contributed by atoms with E-state index in [4.69, 9.17) is 5.73 Å². The summed E-state index contributed by atoms with van der Waals surface area (Å²) < 4.78 is 0. The number of nitrogens with two attached hydrogens (primary N) is 1. The molecule has 0 unspecified atom stereocenters. The molecule has 0 aliphatic carbocycles. The second-order valence-electron chi connectivity index (χ2n) is 5.60. The zero-order chi connectivity index (χ0) is 18.2. The van der Waals surface area contributed by atoms with Gasteiger partial charge in [0.15, 0.2) is 0 Å². The van der Waals surface area contributed by atoms with Gasteiger partial charge in [-0.15, -0.1) is 0 Å². The molecule has 0 fully saturated rings. The number of benzene rings is 2. The van der Waals surface area contributed by atoms with E-state index >= 15 is 0 Å². The summed E-state index contributed by atoms with van der Waals surface area (Å²) in [6.07, 6.45) is 2.31. The first-order valence-corrected chi connectivity index (χ1v) is 7.70. The highest BCUT2D eigenvalue weighted by Gasteiger charge is 2.19. The number of nitrogens with zero attached hydrogens (tertiary/aromatic N) is 1. The van der Waals surface area contributed by atoms with Gasteiger partial charge in [-0.25, -0.2) is 0 Å². The van der Waals surface area contributed by atoms with Crippen LogP contribution in [0.15, 0.2) is 54.6 Å². The second kappa shape index (κ2) is 8.70. The van der Waals surface area contributed by atoms with Gasteiger partial charge in [-0.05, 0) is 17.5 Å². The number of amides is 1. The van der Waals surface area contributed by atoms with Crippen molar-refractivity contribution < 1.29 is 14.5 Å². The lowest BCUT2D eigenvalue weighted by Gasteiger charge is -2.16. The normalized spacial score (nSPS) is 12.8. The fraction of sp³-hybridized carbons (Fsp3) is 0.222.